The molecule has 1 rings (SSSR count). The number of nitrogens with zero attached hydrogens (tertiary/aromatic N) is 2. The molecule has 1 aromatic rings. The molecule has 1 heterocycles. The number of hydrogen-bond acceptors (Lipinski definition) is 6. The van der Waals surface area contributed by atoms with Crippen molar-refractivity contribution in [2.24, 2.45) is 0 Å². The molecule has 1 aromatic heterocycles. The molecule has 0 fully saturated rings. The number of rotatable bonds is 5. The topological polar surface area (TPSA) is 110 Å². The van der Waals surface area contributed by atoms with E-state index in [4.69, 9.17) is 9.52 Å². The minimum absolute atomic E-state index is 0.0173. The van der Waals surface area contributed by atoms with Gasteiger partial charge >= 0.3 is 11.2 Å². The summed E-state index contributed by atoms with van der Waals surface area (Å²) in [5.74, 6) is -0.783. The summed E-state index contributed by atoms with van der Waals surface area (Å²) in [5, 5.41) is 14.8. The summed E-state index contributed by atoms with van der Waals surface area (Å²) in [6, 6.07) is 0. The van der Waals surface area contributed by atoms with Gasteiger partial charge in [-0.1, -0.05) is 5.10 Å². The second-order valence-corrected chi connectivity index (χ2v) is 4.87. The van der Waals surface area contributed by atoms with Gasteiger partial charge in [-0.15, -0.1) is 5.10 Å². The lowest BCUT2D eigenvalue weighted by Crippen LogP contribution is -1.96. The lowest BCUT2D eigenvalue weighted by molar-refractivity contribution is -0.137. The van der Waals surface area contributed by atoms with Crippen molar-refractivity contribution >= 4 is 15.8 Å². The van der Waals surface area contributed by atoms with Crippen molar-refractivity contribution in [2.45, 2.75) is 24.5 Å². The Balaban J connectivity index is 2.58. The number of hydrogen-bond donors (Lipinski definition) is 1. The fourth-order valence-corrected chi connectivity index (χ4v) is 1.32. The Kier molecular flexibility index (Phi) is 3.40. The maximum Gasteiger partial charge on any atom is 0.335 e. The molecular weight excluding hydrogens is 224 g/mol. The fraction of sp³-hybridized carbons (Fsp3) is 0.571. The lowest BCUT2D eigenvalue weighted by Gasteiger charge is -1.91. The molecule has 0 radical (unpaired) electrons. The highest BCUT2D eigenvalue weighted by Crippen LogP contribution is 2.08. The zero-order chi connectivity index (χ0) is 11.5. The van der Waals surface area contributed by atoms with Gasteiger partial charge in [0.2, 0.25) is 15.7 Å². The first kappa shape index (κ1) is 11.6. The number of carbonyl (C=O) groups is 1. The van der Waals surface area contributed by atoms with Crippen LogP contribution in [0, 0.1) is 0 Å². The molecule has 0 unspecified atom stereocenters. The van der Waals surface area contributed by atoms with Crippen LogP contribution in [0.5, 0.6) is 0 Å². The SMILES string of the molecule is CS(=O)(=O)c1nnc(CCCC(=O)O)o1. The first-order valence-electron chi connectivity index (χ1n) is 4.14. The van der Waals surface area contributed by atoms with Crippen LogP contribution in [-0.4, -0.2) is 35.9 Å². The van der Waals surface area contributed by atoms with E-state index < -0.39 is 21.0 Å². The highest BCUT2D eigenvalue weighted by molar-refractivity contribution is 7.90. The Hall–Kier alpha value is -1.44. The van der Waals surface area contributed by atoms with Gasteiger partial charge in [0.05, 0.1) is 0 Å². The quantitative estimate of drug-likeness (QED) is 0.756. The highest BCUT2D eigenvalue weighted by Gasteiger charge is 2.16. The van der Waals surface area contributed by atoms with Crippen LogP contribution in [0.4, 0.5) is 0 Å². The van der Waals surface area contributed by atoms with E-state index in [0.29, 0.717) is 6.42 Å². The maximum atomic E-state index is 10.9. The van der Waals surface area contributed by atoms with E-state index >= 15 is 0 Å². The zero-order valence-corrected chi connectivity index (χ0v) is 8.82. The van der Waals surface area contributed by atoms with Crippen LogP contribution in [-0.2, 0) is 21.1 Å². The van der Waals surface area contributed by atoms with Gasteiger partial charge in [-0.2, -0.15) is 0 Å². The van der Waals surface area contributed by atoms with Crippen LogP contribution in [0.15, 0.2) is 9.64 Å². The number of aromatic nitrogens is 2. The lowest BCUT2D eigenvalue weighted by atomic mass is 10.2. The van der Waals surface area contributed by atoms with Gasteiger partial charge in [-0.25, -0.2) is 8.42 Å². The average Bonchev–Trinajstić information content (AvgIpc) is 2.51. The molecule has 7 nitrogen and oxygen atoms in total. The van der Waals surface area contributed by atoms with Crippen molar-refractivity contribution in [3.05, 3.63) is 5.89 Å². The van der Waals surface area contributed by atoms with Crippen molar-refractivity contribution < 1.29 is 22.7 Å². The van der Waals surface area contributed by atoms with Gasteiger partial charge < -0.3 is 9.52 Å². The monoisotopic (exact) mass is 234 g/mol. The van der Waals surface area contributed by atoms with Crippen molar-refractivity contribution in [3.63, 3.8) is 0 Å². The van der Waals surface area contributed by atoms with Crippen LogP contribution < -0.4 is 0 Å². The summed E-state index contributed by atoms with van der Waals surface area (Å²) in [6.45, 7) is 0. The third kappa shape index (κ3) is 3.66. The minimum Gasteiger partial charge on any atom is -0.481 e. The Morgan fingerprint density at radius 1 is 1.47 bits per heavy atom. The molecule has 0 aliphatic carbocycles. The predicted molar refractivity (Wildman–Crippen MR) is 48.0 cm³/mol. The minimum atomic E-state index is -3.48. The zero-order valence-electron chi connectivity index (χ0n) is 8.00. The van der Waals surface area contributed by atoms with Gasteiger partial charge in [-0.3, -0.25) is 4.79 Å². The summed E-state index contributed by atoms with van der Waals surface area (Å²) >= 11 is 0. The molecule has 0 amide bonds. The predicted octanol–water partition coefficient (Wildman–Crippen LogP) is -0.120. The van der Waals surface area contributed by atoms with E-state index in [0.717, 1.165) is 6.26 Å². The maximum absolute atomic E-state index is 10.9. The van der Waals surface area contributed by atoms with Crippen LogP contribution >= 0.6 is 0 Å². The largest absolute Gasteiger partial charge is 0.481 e. The Morgan fingerprint density at radius 2 is 2.13 bits per heavy atom. The molecule has 0 aromatic carbocycles. The van der Waals surface area contributed by atoms with E-state index in [2.05, 4.69) is 10.2 Å². The molecule has 15 heavy (non-hydrogen) atoms. The van der Waals surface area contributed by atoms with Gasteiger partial charge in [0, 0.05) is 19.1 Å². The van der Waals surface area contributed by atoms with E-state index in [9.17, 15) is 13.2 Å². The molecule has 0 saturated heterocycles. The van der Waals surface area contributed by atoms with Crippen LogP contribution in [0.2, 0.25) is 0 Å². The first-order chi connectivity index (χ1) is 6.89. The van der Waals surface area contributed by atoms with Crippen molar-refractivity contribution in [2.75, 3.05) is 6.26 Å². The van der Waals surface area contributed by atoms with Crippen molar-refractivity contribution in [1.82, 2.24) is 10.2 Å². The molecule has 0 spiro atoms. The summed E-state index contributed by atoms with van der Waals surface area (Å²) < 4.78 is 26.7. The smallest absolute Gasteiger partial charge is 0.335 e. The second kappa shape index (κ2) is 4.39. The Bertz CT molecular complexity index is 450. The number of carboxylic acids is 1. The van der Waals surface area contributed by atoms with E-state index in [-0.39, 0.29) is 18.7 Å². The van der Waals surface area contributed by atoms with Crippen molar-refractivity contribution in [3.8, 4) is 0 Å². The van der Waals surface area contributed by atoms with Gasteiger partial charge in [0.1, 0.15) is 0 Å². The van der Waals surface area contributed by atoms with Gasteiger partial charge in [-0.05, 0) is 6.42 Å². The summed E-state index contributed by atoms with van der Waals surface area (Å²) in [4.78, 5) is 10.2. The summed E-state index contributed by atoms with van der Waals surface area (Å²) in [5.41, 5.74) is 0. The highest BCUT2D eigenvalue weighted by atomic mass is 32.2. The second-order valence-electron chi connectivity index (χ2n) is 2.98. The molecule has 84 valence electrons. The molecule has 0 saturated carbocycles. The fourth-order valence-electron chi connectivity index (χ4n) is 0.880. The Morgan fingerprint density at radius 3 is 2.60 bits per heavy atom. The first-order valence-corrected chi connectivity index (χ1v) is 6.03. The van der Waals surface area contributed by atoms with Crippen LogP contribution in [0.3, 0.4) is 0 Å². The standard InChI is InChI=1S/C7H10N2O5S/c1-15(12,13)7-9-8-5(14-7)3-2-4-6(10)11/h2-4H2,1H3,(H,10,11). The molecule has 0 aliphatic heterocycles. The van der Waals surface area contributed by atoms with E-state index in [1.807, 2.05) is 0 Å². The normalized spacial score (nSPS) is 11.5. The van der Waals surface area contributed by atoms with E-state index in [1.165, 1.54) is 0 Å². The van der Waals surface area contributed by atoms with Crippen LogP contribution in [0.25, 0.3) is 0 Å². The molecule has 0 bridgehead atoms. The third-order valence-corrected chi connectivity index (χ3v) is 2.35. The molecule has 8 heteroatoms. The molecular formula is C7H10N2O5S. The number of sulfone groups is 1. The van der Waals surface area contributed by atoms with Crippen molar-refractivity contribution in [1.29, 1.82) is 0 Å². The Labute approximate surface area is 86.0 Å². The van der Waals surface area contributed by atoms with E-state index in [1.54, 1.807) is 0 Å². The number of carboxylic acid groups (broad SMARTS) is 1. The number of aliphatic carboxylic acids is 1. The average molecular weight is 234 g/mol. The van der Waals surface area contributed by atoms with Crippen LogP contribution in [0.1, 0.15) is 18.7 Å². The molecule has 0 atom stereocenters. The summed E-state index contributed by atoms with van der Waals surface area (Å²) in [7, 11) is -3.48. The van der Waals surface area contributed by atoms with Gasteiger partial charge in [0.15, 0.2) is 0 Å². The van der Waals surface area contributed by atoms with Gasteiger partial charge in [0.25, 0.3) is 0 Å². The molecule has 1 N–H and O–H groups in total. The molecule has 0 aliphatic rings. The third-order valence-electron chi connectivity index (χ3n) is 1.55. The number of aryl methyl sites for hydroxylation is 1. The summed E-state index contributed by atoms with van der Waals surface area (Å²) in [6.07, 6.45) is 1.54.